The van der Waals surface area contributed by atoms with Crippen LogP contribution in [0.3, 0.4) is 0 Å². The molecule has 0 aliphatic carbocycles. The Balaban J connectivity index is 2.18. The minimum atomic E-state index is -0.655. The summed E-state index contributed by atoms with van der Waals surface area (Å²) in [6.07, 6.45) is 0.437. The van der Waals surface area contributed by atoms with Crippen molar-refractivity contribution in [1.29, 1.82) is 0 Å². The Morgan fingerprint density at radius 3 is 2.46 bits per heavy atom. The van der Waals surface area contributed by atoms with E-state index in [0.29, 0.717) is 17.2 Å². The average molecular weight is 407 g/mol. The van der Waals surface area contributed by atoms with E-state index in [1.54, 1.807) is 30.3 Å². The van der Waals surface area contributed by atoms with Crippen molar-refractivity contribution in [2.45, 2.75) is 32.9 Å². The van der Waals surface area contributed by atoms with Crippen molar-refractivity contribution in [3.63, 3.8) is 0 Å². The number of ether oxygens (including phenoxy) is 1. The van der Waals surface area contributed by atoms with Crippen LogP contribution >= 0.6 is 11.6 Å². The fourth-order valence-corrected chi connectivity index (χ4v) is 2.93. The lowest BCUT2D eigenvalue weighted by Gasteiger charge is -2.30. The Kier molecular flexibility index (Phi) is 7.81. The molecule has 0 saturated heterocycles. The molecule has 0 unspecified atom stereocenters. The molecule has 0 aliphatic rings. The molecule has 2 aromatic rings. The number of carbonyl (C=O) groups excluding carboxylic acids is 2. The van der Waals surface area contributed by atoms with Crippen molar-refractivity contribution in [2.75, 3.05) is 13.7 Å². The van der Waals surface area contributed by atoms with Gasteiger partial charge in [-0.25, -0.2) is 4.39 Å². The minimum Gasteiger partial charge on any atom is -0.484 e. The number of halogens is 2. The van der Waals surface area contributed by atoms with Gasteiger partial charge in [-0.15, -0.1) is 0 Å². The van der Waals surface area contributed by atoms with E-state index >= 15 is 0 Å². The second-order valence-electron chi connectivity index (χ2n) is 6.39. The zero-order valence-corrected chi connectivity index (χ0v) is 16.9. The summed E-state index contributed by atoms with van der Waals surface area (Å²) in [6, 6.07) is 10.3. The highest BCUT2D eigenvalue weighted by Gasteiger charge is 2.28. The molecule has 0 aromatic heterocycles. The van der Waals surface area contributed by atoms with E-state index in [4.69, 9.17) is 16.3 Å². The maximum absolute atomic E-state index is 13.2. The first-order valence-corrected chi connectivity index (χ1v) is 9.38. The van der Waals surface area contributed by atoms with Gasteiger partial charge in [0.1, 0.15) is 17.6 Å². The summed E-state index contributed by atoms with van der Waals surface area (Å²) >= 11 is 6.00. The molecule has 28 heavy (non-hydrogen) atoms. The van der Waals surface area contributed by atoms with Crippen LogP contribution in [0.5, 0.6) is 5.75 Å². The summed E-state index contributed by atoms with van der Waals surface area (Å²) in [4.78, 5) is 26.6. The molecule has 0 heterocycles. The molecule has 1 atom stereocenters. The van der Waals surface area contributed by atoms with Gasteiger partial charge in [0.15, 0.2) is 6.61 Å². The Bertz CT molecular complexity index is 827. The number of carbonyl (C=O) groups is 2. The Morgan fingerprint density at radius 1 is 1.21 bits per heavy atom. The molecular weight excluding hydrogens is 383 g/mol. The Hall–Kier alpha value is -2.60. The van der Waals surface area contributed by atoms with Crippen LogP contribution in [0.2, 0.25) is 5.02 Å². The molecule has 150 valence electrons. The van der Waals surface area contributed by atoms with Crippen LogP contribution in [0, 0.1) is 12.7 Å². The predicted octanol–water partition coefficient (Wildman–Crippen LogP) is 3.72. The van der Waals surface area contributed by atoms with Crippen LogP contribution in [0.1, 0.15) is 24.5 Å². The normalized spacial score (nSPS) is 11.6. The van der Waals surface area contributed by atoms with Gasteiger partial charge in [-0.05, 0) is 54.8 Å². The number of hydrogen-bond donors (Lipinski definition) is 1. The topological polar surface area (TPSA) is 58.6 Å². The molecule has 2 rings (SSSR count). The SMILES string of the molecule is CC[C@H](C(=O)NC)N(Cc1ccc(F)cc1)C(=O)COc1ccc(Cl)c(C)c1. The van der Waals surface area contributed by atoms with Gasteiger partial charge >= 0.3 is 0 Å². The van der Waals surface area contributed by atoms with Crippen molar-refractivity contribution in [1.82, 2.24) is 10.2 Å². The fraction of sp³-hybridized carbons (Fsp3) is 0.333. The highest BCUT2D eigenvalue weighted by molar-refractivity contribution is 6.31. The van der Waals surface area contributed by atoms with Crippen molar-refractivity contribution in [2.24, 2.45) is 0 Å². The van der Waals surface area contributed by atoms with Crippen LogP contribution in [0.25, 0.3) is 0 Å². The van der Waals surface area contributed by atoms with Crippen LogP contribution in [0.15, 0.2) is 42.5 Å². The summed E-state index contributed by atoms with van der Waals surface area (Å²) in [7, 11) is 1.53. The second-order valence-corrected chi connectivity index (χ2v) is 6.79. The number of rotatable bonds is 8. The lowest BCUT2D eigenvalue weighted by molar-refractivity contribution is -0.142. The van der Waals surface area contributed by atoms with E-state index in [2.05, 4.69) is 5.32 Å². The maximum atomic E-state index is 13.2. The van der Waals surface area contributed by atoms with Gasteiger partial charge in [-0.3, -0.25) is 9.59 Å². The summed E-state index contributed by atoms with van der Waals surface area (Å²) in [5.74, 6) is -0.445. The van der Waals surface area contributed by atoms with E-state index in [9.17, 15) is 14.0 Å². The minimum absolute atomic E-state index is 0.175. The fourth-order valence-electron chi connectivity index (χ4n) is 2.81. The third-order valence-electron chi connectivity index (χ3n) is 4.39. The second kappa shape index (κ2) is 10.1. The van der Waals surface area contributed by atoms with Gasteiger partial charge in [-0.1, -0.05) is 30.7 Å². The van der Waals surface area contributed by atoms with Crippen molar-refractivity contribution >= 4 is 23.4 Å². The molecular formula is C21H24ClFN2O3. The van der Waals surface area contributed by atoms with Crippen LogP contribution in [0.4, 0.5) is 4.39 Å². The largest absolute Gasteiger partial charge is 0.484 e. The number of hydrogen-bond acceptors (Lipinski definition) is 3. The van der Waals surface area contributed by atoms with E-state index in [-0.39, 0.29) is 30.8 Å². The Morgan fingerprint density at radius 2 is 1.89 bits per heavy atom. The number of amides is 2. The predicted molar refractivity (Wildman–Crippen MR) is 107 cm³/mol. The lowest BCUT2D eigenvalue weighted by Crippen LogP contribution is -2.49. The number of aryl methyl sites for hydroxylation is 1. The highest BCUT2D eigenvalue weighted by Crippen LogP contribution is 2.21. The number of likely N-dealkylation sites (N-methyl/N-ethyl adjacent to an activating group) is 1. The van der Waals surface area contributed by atoms with E-state index < -0.39 is 6.04 Å². The van der Waals surface area contributed by atoms with Gasteiger partial charge in [0.05, 0.1) is 0 Å². The van der Waals surface area contributed by atoms with Gasteiger partial charge in [0.25, 0.3) is 5.91 Å². The summed E-state index contributed by atoms with van der Waals surface area (Å²) in [5, 5.41) is 3.20. The van der Waals surface area contributed by atoms with Crippen LogP contribution in [-0.4, -0.2) is 36.4 Å². The van der Waals surface area contributed by atoms with Gasteiger partial charge < -0.3 is 15.0 Å². The molecule has 5 nitrogen and oxygen atoms in total. The average Bonchev–Trinajstić information content (AvgIpc) is 2.69. The van der Waals surface area contributed by atoms with E-state index in [1.165, 1.54) is 24.1 Å². The molecule has 1 N–H and O–H groups in total. The Labute approximate surface area is 169 Å². The first-order valence-electron chi connectivity index (χ1n) is 9.00. The zero-order valence-electron chi connectivity index (χ0n) is 16.2. The van der Waals surface area contributed by atoms with Crippen molar-refractivity contribution < 1.29 is 18.7 Å². The highest BCUT2D eigenvalue weighted by atomic mass is 35.5. The van der Waals surface area contributed by atoms with Crippen LogP contribution in [-0.2, 0) is 16.1 Å². The third-order valence-corrected chi connectivity index (χ3v) is 4.81. The molecule has 7 heteroatoms. The van der Waals surface area contributed by atoms with Gasteiger partial charge in [0.2, 0.25) is 5.91 Å². The third kappa shape index (κ3) is 5.70. The molecule has 0 radical (unpaired) electrons. The number of benzene rings is 2. The standard InChI is InChI=1S/C21H24ClFN2O3/c1-4-19(21(27)24-3)25(12-15-5-7-16(23)8-6-15)20(26)13-28-17-9-10-18(22)14(2)11-17/h5-11,19H,4,12-13H2,1-3H3,(H,24,27)/t19-/m1/s1. The number of nitrogens with one attached hydrogen (secondary N) is 1. The van der Waals surface area contributed by atoms with Gasteiger partial charge in [-0.2, -0.15) is 0 Å². The molecule has 0 saturated carbocycles. The zero-order chi connectivity index (χ0) is 20.7. The van der Waals surface area contributed by atoms with Crippen molar-refractivity contribution in [3.05, 3.63) is 64.4 Å². The molecule has 0 spiro atoms. The van der Waals surface area contributed by atoms with E-state index in [1.807, 2.05) is 13.8 Å². The summed E-state index contributed by atoms with van der Waals surface area (Å²) < 4.78 is 18.8. The first kappa shape index (κ1) is 21.7. The molecule has 0 bridgehead atoms. The summed E-state index contributed by atoms with van der Waals surface area (Å²) in [6.45, 7) is 3.62. The molecule has 2 amide bonds. The maximum Gasteiger partial charge on any atom is 0.261 e. The molecule has 0 fully saturated rings. The van der Waals surface area contributed by atoms with Gasteiger partial charge in [0, 0.05) is 18.6 Å². The molecule has 2 aromatic carbocycles. The van der Waals surface area contributed by atoms with Crippen LogP contribution < -0.4 is 10.1 Å². The number of nitrogens with zero attached hydrogens (tertiary/aromatic N) is 1. The summed E-state index contributed by atoms with van der Waals surface area (Å²) in [5.41, 5.74) is 1.56. The quantitative estimate of drug-likeness (QED) is 0.726. The smallest absolute Gasteiger partial charge is 0.261 e. The lowest BCUT2D eigenvalue weighted by atomic mass is 10.1. The van der Waals surface area contributed by atoms with Crippen molar-refractivity contribution in [3.8, 4) is 5.75 Å². The molecule has 0 aliphatic heterocycles. The monoisotopic (exact) mass is 406 g/mol. The first-order chi connectivity index (χ1) is 13.3. The van der Waals surface area contributed by atoms with E-state index in [0.717, 1.165) is 11.1 Å².